The van der Waals surface area contributed by atoms with E-state index in [-0.39, 0.29) is 205 Å². The Morgan fingerprint density at radius 3 is 0.961 bits per heavy atom. The van der Waals surface area contributed by atoms with Gasteiger partial charge in [0.1, 0.15) is 5.75 Å². The second-order valence-corrected chi connectivity index (χ2v) is 31.0. The lowest BCUT2D eigenvalue weighted by Crippen LogP contribution is -2.52. The first-order valence-electron chi connectivity index (χ1n) is 42.1. The van der Waals surface area contributed by atoms with Gasteiger partial charge in [-0.25, -0.2) is 0 Å². The average Bonchev–Trinajstić information content (AvgIpc) is 0.798. The quantitative estimate of drug-likeness (QED) is 0.0113. The predicted octanol–water partition coefficient (Wildman–Crippen LogP) is 4.48. The molecule has 0 spiro atoms. The predicted molar refractivity (Wildman–Crippen MR) is 472 cm³/mol. The van der Waals surface area contributed by atoms with Crippen LogP contribution in [0.4, 0.5) is 11.4 Å². The SMILES string of the molecule is CC(=O)Oc1cccc(C(=O)NCCNC(=O)CN2CCN(CC(=O)NCCNC(=O)c3cccc(OC(C)=O)c3OC(C)=O)CCN(CC(=O)NCCC(C)COCC(C)CNC(=O)CCCOc3ccc(C(c4ccc(N(C)C)cc4)c4ccc(N(C)C)cc4)cc3)CCN(CC(=O)NCCNC(=O)c3cccc(OC(C)=O)c3OC(C)=O)CC2)c1OC(C)=O. The van der Waals surface area contributed by atoms with Crippen LogP contribution in [0, 0.1) is 11.8 Å². The number of para-hydroxylation sites is 3. The van der Waals surface area contributed by atoms with Crippen molar-refractivity contribution >= 4 is 94.4 Å². The molecule has 6 aromatic rings. The van der Waals surface area contributed by atoms with Gasteiger partial charge in [0, 0.05) is 205 Å². The number of carbonyl (C=O) groups is 14. The molecule has 0 saturated carbocycles. The summed E-state index contributed by atoms with van der Waals surface area (Å²) in [5.74, 6) is -8.93. The van der Waals surface area contributed by atoms with Gasteiger partial charge in [0.25, 0.3) is 17.7 Å². The molecule has 0 radical (unpaired) electrons. The third-order valence-corrected chi connectivity index (χ3v) is 19.7. The minimum Gasteiger partial charge on any atom is -0.494 e. The van der Waals surface area contributed by atoms with E-state index in [1.807, 2.05) is 73.8 Å². The van der Waals surface area contributed by atoms with Crippen LogP contribution in [0.5, 0.6) is 40.2 Å². The van der Waals surface area contributed by atoms with E-state index in [0.29, 0.717) is 51.5 Å². The van der Waals surface area contributed by atoms with E-state index in [2.05, 4.69) is 113 Å². The van der Waals surface area contributed by atoms with Crippen molar-refractivity contribution in [2.45, 2.75) is 80.6 Å². The number of anilines is 2. The standard InChI is InChI=1S/C91H120N14O22/c1-60(58-120-59-61(2)53-99-80(112)23-16-52-121-73-34-28-70(29-35-73)85(68-24-30-71(31-25-68)100(9)10)69-26-32-72(33-27-69)101(11)12)36-37-92-81(113)54-102-44-46-103(55-82(114)93-38-41-96-89(117)74-17-13-20-77(122-62(3)106)86(74)125-65(6)109)48-50-105(57-84(116)95-40-43-98-91(119)76-19-15-22-79(124-64(5)108)88(76)127-67(8)111)51-49-104(47-45-102)56-83(115)94-39-42-97-90(118)75-18-14-21-78(123-63(4)107)87(75)126-66(7)110/h13-15,17-22,24-35,60-61,85H,16,23,36-59H2,1-12H3,(H,92,113)(H,93,114)(H,94,115)(H,95,116)(H,96,117)(H,97,118)(H,98,119)(H,99,112). The molecule has 2 atom stereocenters. The number of hydrogen-bond acceptors (Lipinski definition) is 28. The second kappa shape index (κ2) is 52.8. The summed E-state index contributed by atoms with van der Waals surface area (Å²) < 4.78 is 43.5. The van der Waals surface area contributed by atoms with Gasteiger partial charge in [0.2, 0.25) is 29.5 Å². The molecule has 0 bridgehead atoms. The average molecular weight is 1760 g/mol. The van der Waals surface area contributed by atoms with Gasteiger partial charge >= 0.3 is 35.8 Å². The molecule has 36 heteroatoms. The van der Waals surface area contributed by atoms with E-state index in [4.69, 9.17) is 37.9 Å². The molecule has 686 valence electrons. The largest absolute Gasteiger partial charge is 0.494 e. The Hall–Kier alpha value is -12.9. The second-order valence-electron chi connectivity index (χ2n) is 31.0. The lowest BCUT2D eigenvalue weighted by molar-refractivity contribution is -0.134. The Kier molecular flexibility index (Phi) is 42.1. The van der Waals surface area contributed by atoms with Gasteiger partial charge in [0.05, 0.1) is 56.1 Å². The lowest BCUT2D eigenvalue weighted by atomic mass is 9.85. The number of benzene rings is 6. The van der Waals surface area contributed by atoms with Crippen molar-refractivity contribution in [3.63, 3.8) is 0 Å². The summed E-state index contributed by atoms with van der Waals surface area (Å²) in [5, 5.41) is 22.5. The Morgan fingerprint density at radius 1 is 0.346 bits per heavy atom. The van der Waals surface area contributed by atoms with Crippen LogP contribution in [0.2, 0.25) is 0 Å². The number of nitrogens with zero attached hydrogens (tertiary/aromatic N) is 6. The molecule has 127 heavy (non-hydrogen) atoms. The fourth-order valence-electron chi connectivity index (χ4n) is 13.3. The Labute approximate surface area is 740 Å². The number of ether oxygens (including phenoxy) is 8. The summed E-state index contributed by atoms with van der Waals surface area (Å²) in [6.45, 7) is 13.0. The molecule has 1 heterocycles. The summed E-state index contributed by atoms with van der Waals surface area (Å²) in [4.78, 5) is 193. The molecule has 2 unspecified atom stereocenters. The first-order chi connectivity index (χ1) is 60.7. The number of amides is 8. The maximum atomic E-state index is 14.0. The minimum absolute atomic E-state index is 0.00325. The summed E-state index contributed by atoms with van der Waals surface area (Å²) in [5.41, 5.74) is 5.35. The molecule has 7 rings (SSSR count). The highest BCUT2D eigenvalue weighted by atomic mass is 16.6. The van der Waals surface area contributed by atoms with Crippen LogP contribution >= 0.6 is 0 Å². The van der Waals surface area contributed by atoms with Crippen molar-refractivity contribution in [1.82, 2.24) is 62.1 Å². The normalized spacial score (nSPS) is 13.2. The van der Waals surface area contributed by atoms with Crippen LogP contribution < -0.4 is 85.5 Å². The lowest BCUT2D eigenvalue weighted by Gasteiger charge is -2.33. The van der Waals surface area contributed by atoms with Crippen molar-refractivity contribution < 1.29 is 105 Å². The van der Waals surface area contributed by atoms with E-state index in [1.54, 1.807) is 0 Å². The molecule has 8 amide bonds. The summed E-state index contributed by atoms with van der Waals surface area (Å²) in [6.07, 6.45) is 1.37. The van der Waals surface area contributed by atoms with Crippen molar-refractivity contribution in [2.24, 2.45) is 11.8 Å². The number of nitrogens with one attached hydrogen (secondary N) is 8. The molecule has 1 aliphatic rings. The van der Waals surface area contributed by atoms with Gasteiger partial charge in [-0.1, -0.05) is 68.4 Å². The smallest absolute Gasteiger partial charge is 0.308 e. The Balaban J connectivity index is 0.959. The van der Waals surface area contributed by atoms with Crippen molar-refractivity contribution in [3.05, 3.63) is 161 Å². The van der Waals surface area contributed by atoms with Crippen LogP contribution in [0.25, 0.3) is 0 Å². The number of carbonyl (C=O) groups excluding carboxylic acids is 14. The summed E-state index contributed by atoms with van der Waals surface area (Å²) in [7, 11) is 8.10. The minimum atomic E-state index is -0.780. The zero-order valence-electron chi connectivity index (χ0n) is 74.4. The van der Waals surface area contributed by atoms with Crippen molar-refractivity contribution in [2.75, 3.05) is 189 Å². The van der Waals surface area contributed by atoms with E-state index < -0.39 is 71.3 Å². The maximum absolute atomic E-state index is 14.0. The third kappa shape index (κ3) is 36.3. The number of rotatable bonds is 45. The summed E-state index contributed by atoms with van der Waals surface area (Å²) >= 11 is 0. The fourth-order valence-corrected chi connectivity index (χ4v) is 13.3. The monoisotopic (exact) mass is 1760 g/mol. The molecular weight excluding hydrogens is 1640 g/mol. The molecule has 0 aromatic heterocycles. The first-order valence-corrected chi connectivity index (χ1v) is 42.1. The van der Waals surface area contributed by atoms with E-state index >= 15 is 0 Å². The first kappa shape index (κ1) is 101. The third-order valence-electron chi connectivity index (χ3n) is 19.7. The van der Waals surface area contributed by atoms with Gasteiger partial charge in [-0.2, -0.15) is 0 Å². The molecular formula is C91H120N14O22. The van der Waals surface area contributed by atoms with Crippen LogP contribution in [0.1, 0.15) is 128 Å². The van der Waals surface area contributed by atoms with Crippen LogP contribution in [0.15, 0.2) is 127 Å². The molecule has 1 fully saturated rings. The highest BCUT2D eigenvalue weighted by Crippen LogP contribution is 2.37. The zero-order chi connectivity index (χ0) is 92.5. The molecule has 8 N–H and O–H groups in total. The molecule has 36 nitrogen and oxygen atoms in total. The van der Waals surface area contributed by atoms with Gasteiger partial charge in [-0.05, 0) is 114 Å². The van der Waals surface area contributed by atoms with Crippen LogP contribution in [0.3, 0.4) is 0 Å². The summed E-state index contributed by atoms with van der Waals surface area (Å²) in [6, 6.07) is 37.8. The van der Waals surface area contributed by atoms with Gasteiger partial charge in [0.15, 0.2) is 34.5 Å². The number of esters is 6. The topological polar surface area (TPSA) is 428 Å². The maximum Gasteiger partial charge on any atom is 0.308 e. The van der Waals surface area contributed by atoms with Crippen molar-refractivity contribution in [3.8, 4) is 40.2 Å². The zero-order valence-corrected chi connectivity index (χ0v) is 74.4. The van der Waals surface area contributed by atoms with E-state index in [9.17, 15) is 67.1 Å². The van der Waals surface area contributed by atoms with E-state index in [1.165, 1.54) is 65.7 Å². The van der Waals surface area contributed by atoms with Crippen LogP contribution in [-0.4, -0.2) is 282 Å². The van der Waals surface area contributed by atoms with Crippen LogP contribution in [-0.2, 0) is 57.5 Å². The fraction of sp³-hybridized carbons (Fsp3) is 0.451. The molecule has 0 aliphatic carbocycles. The highest BCUT2D eigenvalue weighted by Gasteiger charge is 2.28. The van der Waals surface area contributed by atoms with Gasteiger partial charge < -0.3 is 90.2 Å². The van der Waals surface area contributed by atoms with Crippen molar-refractivity contribution in [1.29, 1.82) is 0 Å². The molecule has 6 aromatic carbocycles. The van der Waals surface area contributed by atoms with E-state index in [0.717, 1.165) is 58.5 Å². The number of hydrogen-bond donors (Lipinski definition) is 8. The molecule has 1 saturated heterocycles. The Morgan fingerprint density at radius 2 is 0.646 bits per heavy atom. The Bertz CT molecular complexity index is 4540. The molecule has 1 aliphatic heterocycles. The van der Waals surface area contributed by atoms with Gasteiger partial charge in [-0.15, -0.1) is 0 Å². The van der Waals surface area contributed by atoms with Gasteiger partial charge in [-0.3, -0.25) is 86.7 Å². The highest BCUT2D eigenvalue weighted by molar-refractivity contribution is 6.01.